The van der Waals surface area contributed by atoms with E-state index in [0.717, 1.165) is 27.8 Å². The van der Waals surface area contributed by atoms with Crippen molar-refractivity contribution < 1.29 is 4.42 Å². The van der Waals surface area contributed by atoms with Crippen molar-refractivity contribution >= 4 is 21.7 Å². The molecule has 1 N–H and O–H groups in total. The highest BCUT2D eigenvalue weighted by Crippen LogP contribution is 2.25. The summed E-state index contributed by atoms with van der Waals surface area (Å²) in [5.74, 6) is 3.40. The van der Waals surface area contributed by atoms with Crippen LogP contribution >= 0.6 is 15.9 Å². The van der Waals surface area contributed by atoms with Crippen molar-refractivity contribution in [2.24, 2.45) is 0 Å². The minimum absolute atomic E-state index is 0.0540. The van der Waals surface area contributed by atoms with Crippen LogP contribution in [0.1, 0.15) is 51.1 Å². The summed E-state index contributed by atoms with van der Waals surface area (Å²) in [7, 11) is 0. The number of hydrogen-bond acceptors (Lipinski definition) is 4. The SMILES string of the molecule is Cc1ccc(C(C)Nc2cc(Br)nc(C(C)(C)C)n2)o1. The summed E-state index contributed by atoms with van der Waals surface area (Å²) in [6, 6.07) is 5.87. The monoisotopic (exact) mass is 337 g/mol. The topological polar surface area (TPSA) is 51.0 Å². The fourth-order valence-corrected chi connectivity index (χ4v) is 2.19. The van der Waals surface area contributed by atoms with E-state index in [2.05, 4.69) is 52.0 Å². The molecule has 0 saturated heterocycles. The van der Waals surface area contributed by atoms with Crippen LogP contribution in [0.25, 0.3) is 0 Å². The van der Waals surface area contributed by atoms with Crippen LogP contribution in [-0.4, -0.2) is 9.97 Å². The summed E-state index contributed by atoms with van der Waals surface area (Å²) in [6.45, 7) is 10.3. The van der Waals surface area contributed by atoms with Crippen LogP contribution in [0.3, 0.4) is 0 Å². The van der Waals surface area contributed by atoms with Gasteiger partial charge < -0.3 is 9.73 Å². The number of furan rings is 1. The average Bonchev–Trinajstić information content (AvgIpc) is 2.74. The molecule has 0 saturated carbocycles. The number of aromatic nitrogens is 2. The maximum atomic E-state index is 5.63. The van der Waals surface area contributed by atoms with Crippen LogP contribution in [-0.2, 0) is 5.41 Å². The summed E-state index contributed by atoms with van der Waals surface area (Å²) in [6.07, 6.45) is 0. The van der Waals surface area contributed by atoms with E-state index in [1.165, 1.54) is 0 Å². The standard InChI is InChI=1S/C15H20BrN3O/c1-9-6-7-11(20-9)10(2)17-13-8-12(16)18-14(19-13)15(3,4)5/h6-8,10H,1-5H3,(H,17,18,19). The normalized spacial score (nSPS) is 13.3. The Kier molecular flexibility index (Phi) is 4.18. The molecule has 2 heterocycles. The highest BCUT2D eigenvalue weighted by Gasteiger charge is 2.19. The smallest absolute Gasteiger partial charge is 0.137 e. The van der Waals surface area contributed by atoms with Gasteiger partial charge in [-0.2, -0.15) is 0 Å². The molecule has 0 aliphatic carbocycles. The molecule has 0 aromatic carbocycles. The van der Waals surface area contributed by atoms with E-state index in [1.807, 2.05) is 32.0 Å². The second-order valence-corrected chi connectivity index (χ2v) is 6.78. The number of nitrogens with zero attached hydrogens (tertiary/aromatic N) is 2. The van der Waals surface area contributed by atoms with Gasteiger partial charge in [-0.15, -0.1) is 0 Å². The van der Waals surface area contributed by atoms with Gasteiger partial charge in [-0.3, -0.25) is 0 Å². The zero-order valence-corrected chi connectivity index (χ0v) is 14.1. The molecule has 108 valence electrons. The van der Waals surface area contributed by atoms with Gasteiger partial charge >= 0.3 is 0 Å². The molecule has 2 aromatic rings. The first-order valence-electron chi connectivity index (χ1n) is 6.63. The summed E-state index contributed by atoms with van der Waals surface area (Å²) in [5, 5.41) is 3.35. The molecule has 0 amide bonds. The van der Waals surface area contributed by atoms with Crippen LogP contribution < -0.4 is 5.32 Å². The molecule has 0 bridgehead atoms. The second-order valence-electron chi connectivity index (χ2n) is 5.96. The Labute approximate surface area is 128 Å². The van der Waals surface area contributed by atoms with Gasteiger partial charge in [0.05, 0.1) is 6.04 Å². The summed E-state index contributed by atoms with van der Waals surface area (Å²) in [4.78, 5) is 9.01. The molecule has 2 aromatic heterocycles. The van der Waals surface area contributed by atoms with Gasteiger partial charge in [0.1, 0.15) is 27.8 Å². The molecule has 20 heavy (non-hydrogen) atoms. The number of anilines is 1. The van der Waals surface area contributed by atoms with E-state index in [4.69, 9.17) is 4.42 Å². The maximum Gasteiger partial charge on any atom is 0.137 e. The lowest BCUT2D eigenvalue weighted by atomic mass is 9.96. The molecular formula is C15H20BrN3O. The molecule has 5 heteroatoms. The third kappa shape index (κ3) is 3.60. The van der Waals surface area contributed by atoms with Crippen LogP contribution in [0.5, 0.6) is 0 Å². The second kappa shape index (κ2) is 5.56. The zero-order chi connectivity index (χ0) is 14.9. The number of nitrogens with one attached hydrogen (secondary N) is 1. The van der Waals surface area contributed by atoms with Crippen molar-refractivity contribution in [1.82, 2.24) is 9.97 Å². The molecule has 0 aliphatic heterocycles. The van der Waals surface area contributed by atoms with Gasteiger partial charge in [0.2, 0.25) is 0 Å². The number of halogens is 1. The molecule has 1 atom stereocenters. The van der Waals surface area contributed by atoms with Crippen LogP contribution in [0.15, 0.2) is 27.2 Å². The molecular weight excluding hydrogens is 318 g/mol. The van der Waals surface area contributed by atoms with Crippen LogP contribution in [0.4, 0.5) is 5.82 Å². The number of hydrogen-bond donors (Lipinski definition) is 1. The first-order chi connectivity index (χ1) is 9.25. The van der Waals surface area contributed by atoms with Crippen molar-refractivity contribution in [3.63, 3.8) is 0 Å². The molecule has 1 unspecified atom stereocenters. The Morgan fingerprint density at radius 3 is 2.50 bits per heavy atom. The molecule has 0 spiro atoms. The lowest BCUT2D eigenvalue weighted by Crippen LogP contribution is -2.18. The third-order valence-corrected chi connectivity index (χ3v) is 3.32. The predicted octanol–water partition coefficient (Wildman–Crippen LogP) is 4.61. The van der Waals surface area contributed by atoms with Gasteiger partial charge in [-0.05, 0) is 41.9 Å². The third-order valence-electron chi connectivity index (χ3n) is 2.92. The molecule has 0 fully saturated rings. The van der Waals surface area contributed by atoms with E-state index in [-0.39, 0.29) is 11.5 Å². The lowest BCUT2D eigenvalue weighted by Gasteiger charge is -2.19. The van der Waals surface area contributed by atoms with Crippen molar-refractivity contribution in [2.45, 2.75) is 46.1 Å². The van der Waals surface area contributed by atoms with Gasteiger partial charge in [0.25, 0.3) is 0 Å². The minimum Gasteiger partial charge on any atom is -0.464 e. The van der Waals surface area contributed by atoms with E-state index in [0.29, 0.717) is 0 Å². The predicted molar refractivity (Wildman–Crippen MR) is 83.9 cm³/mol. The molecule has 0 aliphatic rings. The lowest BCUT2D eigenvalue weighted by molar-refractivity contribution is 0.466. The van der Waals surface area contributed by atoms with E-state index >= 15 is 0 Å². The first kappa shape index (κ1) is 15.0. The summed E-state index contributed by atoms with van der Waals surface area (Å²) < 4.78 is 6.41. The highest BCUT2D eigenvalue weighted by atomic mass is 79.9. The Hall–Kier alpha value is -1.36. The van der Waals surface area contributed by atoms with Gasteiger partial charge in [0.15, 0.2) is 0 Å². The summed E-state index contributed by atoms with van der Waals surface area (Å²) in [5.41, 5.74) is -0.0925. The minimum atomic E-state index is -0.0925. The fourth-order valence-electron chi connectivity index (χ4n) is 1.81. The van der Waals surface area contributed by atoms with E-state index in [1.54, 1.807) is 0 Å². The van der Waals surface area contributed by atoms with Crippen molar-refractivity contribution in [3.05, 3.63) is 40.1 Å². The molecule has 0 radical (unpaired) electrons. The average molecular weight is 338 g/mol. The highest BCUT2D eigenvalue weighted by molar-refractivity contribution is 9.10. The van der Waals surface area contributed by atoms with Crippen LogP contribution in [0, 0.1) is 6.92 Å². The molecule has 4 nitrogen and oxygen atoms in total. The largest absolute Gasteiger partial charge is 0.464 e. The summed E-state index contributed by atoms with van der Waals surface area (Å²) >= 11 is 3.44. The van der Waals surface area contributed by atoms with Crippen molar-refractivity contribution in [3.8, 4) is 0 Å². The first-order valence-corrected chi connectivity index (χ1v) is 7.43. The fraction of sp³-hybridized carbons (Fsp3) is 0.467. The Morgan fingerprint density at radius 1 is 1.25 bits per heavy atom. The number of rotatable bonds is 3. The van der Waals surface area contributed by atoms with Crippen molar-refractivity contribution in [2.75, 3.05) is 5.32 Å². The quantitative estimate of drug-likeness (QED) is 0.830. The molecule has 2 rings (SSSR count). The van der Waals surface area contributed by atoms with Crippen LogP contribution in [0.2, 0.25) is 0 Å². The maximum absolute atomic E-state index is 5.63. The van der Waals surface area contributed by atoms with E-state index in [9.17, 15) is 0 Å². The Morgan fingerprint density at radius 2 is 1.95 bits per heavy atom. The van der Waals surface area contributed by atoms with Gasteiger partial charge in [-0.25, -0.2) is 9.97 Å². The zero-order valence-electron chi connectivity index (χ0n) is 12.5. The Balaban J connectivity index is 2.23. The number of aryl methyl sites for hydroxylation is 1. The van der Waals surface area contributed by atoms with Gasteiger partial charge in [0, 0.05) is 11.5 Å². The van der Waals surface area contributed by atoms with Gasteiger partial charge in [-0.1, -0.05) is 20.8 Å². The van der Waals surface area contributed by atoms with E-state index < -0.39 is 0 Å². The van der Waals surface area contributed by atoms with Crippen molar-refractivity contribution in [1.29, 1.82) is 0 Å². The Bertz CT molecular complexity index is 601.